The molecule has 0 aromatic carbocycles. The Hall–Kier alpha value is -1.59. The molecule has 6 nitrogen and oxygen atoms in total. The van der Waals surface area contributed by atoms with Gasteiger partial charge in [0, 0.05) is 25.4 Å². The molecule has 22 heavy (non-hydrogen) atoms. The molecule has 2 fully saturated rings. The van der Waals surface area contributed by atoms with Crippen molar-refractivity contribution in [1.82, 2.24) is 20.8 Å². The van der Waals surface area contributed by atoms with E-state index < -0.39 is 0 Å². The molecule has 0 radical (unpaired) electrons. The molecule has 2 aliphatic rings. The molecule has 0 saturated heterocycles. The van der Waals surface area contributed by atoms with Crippen molar-refractivity contribution in [2.24, 2.45) is 17.8 Å². The van der Waals surface area contributed by atoms with Crippen LogP contribution in [0.15, 0.2) is 4.52 Å². The summed E-state index contributed by atoms with van der Waals surface area (Å²) >= 11 is 0. The maximum Gasteiger partial charge on any atom is 0.314 e. The van der Waals surface area contributed by atoms with Crippen molar-refractivity contribution in [3.63, 3.8) is 0 Å². The maximum atomic E-state index is 11.8. The Morgan fingerprint density at radius 3 is 2.82 bits per heavy atom. The minimum atomic E-state index is -0.0913. The largest absolute Gasteiger partial charge is 0.339 e. The van der Waals surface area contributed by atoms with Gasteiger partial charge in [0.25, 0.3) is 0 Å². The predicted molar refractivity (Wildman–Crippen MR) is 82.4 cm³/mol. The zero-order valence-corrected chi connectivity index (χ0v) is 13.5. The van der Waals surface area contributed by atoms with Gasteiger partial charge in [0.15, 0.2) is 5.82 Å². The summed E-state index contributed by atoms with van der Waals surface area (Å²) in [5.41, 5.74) is 0. The minimum Gasteiger partial charge on any atom is -0.339 e. The van der Waals surface area contributed by atoms with E-state index in [2.05, 4.69) is 20.8 Å². The number of hydrogen-bond acceptors (Lipinski definition) is 4. The lowest BCUT2D eigenvalue weighted by atomic mass is 9.89. The molecule has 2 saturated carbocycles. The van der Waals surface area contributed by atoms with E-state index in [0.717, 1.165) is 24.2 Å². The summed E-state index contributed by atoms with van der Waals surface area (Å²) in [6, 6.07) is -0.0913. The van der Waals surface area contributed by atoms with Crippen LogP contribution >= 0.6 is 0 Å². The van der Waals surface area contributed by atoms with Crippen molar-refractivity contribution in [2.45, 2.75) is 51.9 Å². The molecule has 122 valence electrons. The van der Waals surface area contributed by atoms with Gasteiger partial charge in [-0.05, 0) is 37.0 Å². The average Bonchev–Trinajstić information content (AvgIpc) is 3.21. The minimum absolute atomic E-state index is 0.0913. The number of fused-ring (bicyclic) bond motifs is 2. The van der Waals surface area contributed by atoms with Crippen LogP contribution in [0.1, 0.15) is 57.2 Å². The van der Waals surface area contributed by atoms with Crippen molar-refractivity contribution in [2.75, 3.05) is 13.1 Å². The number of nitrogens with one attached hydrogen (secondary N) is 2. The van der Waals surface area contributed by atoms with Gasteiger partial charge in [-0.15, -0.1) is 0 Å². The summed E-state index contributed by atoms with van der Waals surface area (Å²) in [4.78, 5) is 16.1. The number of carbonyl (C=O) groups is 1. The zero-order valence-electron chi connectivity index (χ0n) is 13.5. The quantitative estimate of drug-likeness (QED) is 0.846. The molecule has 2 amide bonds. The first kappa shape index (κ1) is 15.3. The highest BCUT2D eigenvalue weighted by Gasteiger charge is 2.39. The molecule has 0 unspecified atom stereocenters. The number of rotatable bonds is 6. The summed E-state index contributed by atoms with van der Waals surface area (Å²) < 4.78 is 5.15. The van der Waals surface area contributed by atoms with Gasteiger partial charge in [0.2, 0.25) is 5.89 Å². The monoisotopic (exact) mass is 306 g/mol. The molecule has 1 aromatic heterocycles. The van der Waals surface area contributed by atoms with Crippen LogP contribution in [0.3, 0.4) is 0 Å². The van der Waals surface area contributed by atoms with Crippen LogP contribution in [-0.2, 0) is 6.42 Å². The highest BCUT2D eigenvalue weighted by atomic mass is 16.5. The lowest BCUT2D eigenvalue weighted by Crippen LogP contribution is -2.40. The molecule has 0 spiro atoms. The summed E-state index contributed by atoms with van der Waals surface area (Å²) in [5, 5.41) is 9.77. The Balaban J connectivity index is 1.32. The second-order valence-corrected chi connectivity index (χ2v) is 7.02. The second-order valence-electron chi connectivity index (χ2n) is 7.02. The van der Waals surface area contributed by atoms with Crippen molar-refractivity contribution >= 4 is 6.03 Å². The summed E-state index contributed by atoms with van der Waals surface area (Å²) in [5.74, 6) is 4.02. The SMILES string of the molecule is CC(C)c1noc(CCNC(=O)NC[C@@H]2C[C@H]3CC[C@H]2C3)n1. The lowest BCUT2D eigenvalue weighted by Gasteiger charge is -2.21. The van der Waals surface area contributed by atoms with Crippen LogP contribution in [0.2, 0.25) is 0 Å². The second kappa shape index (κ2) is 6.67. The highest BCUT2D eigenvalue weighted by Crippen LogP contribution is 2.47. The van der Waals surface area contributed by atoms with Gasteiger partial charge >= 0.3 is 6.03 Å². The van der Waals surface area contributed by atoms with E-state index in [9.17, 15) is 4.79 Å². The molecule has 2 bridgehead atoms. The number of amides is 2. The van der Waals surface area contributed by atoms with Gasteiger partial charge in [-0.2, -0.15) is 4.98 Å². The molecule has 6 heteroatoms. The van der Waals surface area contributed by atoms with Crippen LogP contribution < -0.4 is 10.6 Å². The standard InChI is InChI=1S/C16H26N4O2/c1-10(2)15-19-14(22-20-15)5-6-17-16(21)18-9-13-8-11-3-4-12(13)7-11/h10-13H,3-9H2,1-2H3,(H2,17,18,21)/t11-,12-,13-/m0/s1. The third-order valence-corrected chi connectivity index (χ3v) is 5.03. The Labute approximate surface area is 131 Å². The molecular formula is C16H26N4O2. The first-order valence-electron chi connectivity index (χ1n) is 8.46. The maximum absolute atomic E-state index is 11.8. The van der Waals surface area contributed by atoms with Crippen molar-refractivity contribution in [1.29, 1.82) is 0 Å². The first-order valence-corrected chi connectivity index (χ1v) is 8.46. The Morgan fingerprint density at radius 1 is 1.32 bits per heavy atom. The Morgan fingerprint density at radius 2 is 2.18 bits per heavy atom. The average molecular weight is 306 g/mol. The topological polar surface area (TPSA) is 80.0 Å². The fraction of sp³-hybridized carbons (Fsp3) is 0.812. The van der Waals surface area contributed by atoms with Crippen LogP contribution in [-0.4, -0.2) is 29.3 Å². The van der Waals surface area contributed by atoms with Crippen LogP contribution in [0.4, 0.5) is 4.79 Å². The normalized spacial score (nSPS) is 26.6. The van der Waals surface area contributed by atoms with Crippen molar-refractivity contribution in [3.05, 3.63) is 11.7 Å². The highest BCUT2D eigenvalue weighted by molar-refractivity contribution is 5.73. The van der Waals surface area contributed by atoms with Gasteiger partial charge in [-0.3, -0.25) is 0 Å². The van der Waals surface area contributed by atoms with Crippen LogP contribution in [0.5, 0.6) is 0 Å². The van der Waals surface area contributed by atoms with E-state index in [0.29, 0.717) is 24.8 Å². The predicted octanol–water partition coefficient (Wildman–Crippen LogP) is 2.47. The van der Waals surface area contributed by atoms with E-state index in [-0.39, 0.29) is 11.9 Å². The number of urea groups is 1. The molecule has 1 aromatic rings. The third-order valence-electron chi connectivity index (χ3n) is 5.03. The van der Waals surface area contributed by atoms with Crippen molar-refractivity contribution < 1.29 is 9.32 Å². The van der Waals surface area contributed by atoms with E-state index in [1.807, 2.05) is 13.8 Å². The smallest absolute Gasteiger partial charge is 0.314 e. The third kappa shape index (κ3) is 3.59. The van der Waals surface area contributed by atoms with Crippen LogP contribution in [0.25, 0.3) is 0 Å². The molecule has 2 aliphatic carbocycles. The van der Waals surface area contributed by atoms with E-state index in [1.54, 1.807) is 0 Å². The van der Waals surface area contributed by atoms with Gasteiger partial charge in [-0.25, -0.2) is 4.79 Å². The molecule has 0 aliphatic heterocycles. The fourth-order valence-corrected chi connectivity index (χ4v) is 3.80. The number of hydrogen-bond donors (Lipinski definition) is 2. The zero-order chi connectivity index (χ0) is 15.5. The van der Waals surface area contributed by atoms with E-state index in [4.69, 9.17) is 4.52 Å². The van der Waals surface area contributed by atoms with Gasteiger partial charge < -0.3 is 15.2 Å². The van der Waals surface area contributed by atoms with Gasteiger partial charge in [0.1, 0.15) is 0 Å². The Bertz CT molecular complexity index is 514. The molecule has 3 atom stereocenters. The van der Waals surface area contributed by atoms with Crippen LogP contribution in [0, 0.1) is 17.8 Å². The number of aromatic nitrogens is 2. The van der Waals surface area contributed by atoms with E-state index >= 15 is 0 Å². The lowest BCUT2D eigenvalue weighted by molar-refractivity contribution is 0.234. The van der Waals surface area contributed by atoms with Gasteiger partial charge in [-0.1, -0.05) is 25.4 Å². The summed E-state index contributed by atoms with van der Waals surface area (Å²) in [6.45, 7) is 5.37. The number of nitrogens with zero attached hydrogens (tertiary/aromatic N) is 2. The summed E-state index contributed by atoms with van der Waals surface area (Å²) in [6.07, 6.45) is 6.00. The van der Waals surface area contributed by atoms with E-state index in [1.165, 1.54) is 25.7 Å². The molecule has 2 N–H and O–H groups in total. The fourth-order valence-electron chi connectivity index (χ4n) is 3.80. The Kier molecular flexibility index (Phi) is 4.64. The molecule has 3 rings (SSSR count). The first-order chi connectivity index (χ1) is 10.6. The number of carbonyl (C=O) groups excluding carboxylic acids is 1. The summed E-state index contributed by atoms with van der Waals surface area (Å²) in [7, 11) is 0. The molecular weight excluding hydrogens is 280 g/mol. The van der Waals surface area contributed by atoms with Gasteiger partial charge in [0.05, 0.1) is 0 Å². The molecule has 1 heterocycles. The van der Waals surface area contributed by atoms with Crippen molar-refractivity contribution in [3.8, 4) is 0 Å².